The fraction of sp³-hybridized carbons (Fsp3) is 0.200. The lowest BCUT2D eigenvalue weighted by Gasteiger charge is -2.21. The molecule has 0 heterocycles. The van der Waals surface area contributed by atoms with E-state index in [9.17, 15) is 0 Å². The van der Waals surface area contributed by atoms with E-state index in [1.165, 1.54) is 0 Å². The molecule has 0 fully saturated rings. The van der Waals surface area contributed by atoms with Crippen LogP contribution in [0, 0.1) is 0 Å². The van der Waals surface area contributed by atoms with Crippen LogP contribution in [0.15, 0.2) is 42.5 Å². The number of hydrogen-bond donors (Lipinski definition) is 1. The summed E-state index contributed by atoms with van der Waals surface area (Å²) in [6.07, 6.45) is 0. The van der Waals surface area contributed by atoms with Crippen LogP contribution in [0.2, 0.25) is 10.0 Å². The van der Waals surface area contributed by atoms with Crippen LogP contribution in [0.1, 0.15) is 17.2 Å². The van der Waals surface area contributed by atoms with Crippen LogP contribution in [0.4, 0.5) is 0 Å². The smallest absolute Gasteiger partial charge is 0.123 e. The van der Waals surface area contributed by atoms with Crippen LogP contribution in [-0.4, -0.2) is 14.2 Å². The van der Waals surface area contributed by atoms with Crippen LogP contribution in [0.3, 0.4) is 0 Å². The van der Waals surface area contributed by atoms with Crippen molar-refractivity contribution in [1.82, 2.24) is 5.32 Å². The molecule has 0 radical (unpaired) electrons. The highest BCUT2D eigenvalue weighted by molar-refractivity contribution is 6.42. The Balaban J connectivity index is 2.53. The molecule has 0 aliphatic carbocycles. The van der Waals surface area contributed by atoms with Gasteiger partial charge in [0.25, 0.3) is 0 Å². The monoisotopic (exact) mass is 295 g/mol. The Labute approximate surface area is 123 Å². The second kappa shape index (κ2) is 6.29. The molecule has 0 aliphatic rings. The van der Waals surface area contributed by atoms with Gasteiger partial charge in [-0.15, -0.1) is 0 Å². The van der Waals surface area contributed by atoms with Gasteiger partial charge in [0, 0.05) is 5.56 Å². The molecule has 19 heavy (non-hydrogen) atoms. The van der Waals surface area contributed by atoms with Crippen molar-refractivity contribution >= 4 is 23.2 Å². The van der Waals surface area contributed by atoms with Gasteiger partial charge < -0.3 is 10.1 Å². The van der Waals surface area contributed by atoms with Gasteiger partial charge in [0.1, 0.15) is 5.75 Å². The third-order valence-corrected chi connectivity index (χ3v) is 3.86. The van der Waals surface area contributed by atoms with Crippen molar-refractivity contribution in [3.05, 3.63) is 63.6 Å². The van der Waals surface area contributed by atoms with E-state index in [1.807, 2.05) is 43.4 Å². The van der Waals surface area contributed by atoms with E-state index >= 15 is 0 Å². The molecule has 0 saturated carbocycles. The third kappa shape index (κ3) is 2.86. The average Bonchev–Trinajstić information content (AvgIpc) is 2.45. The lowest BCUT2D eigenvalue weighted by Crippen LogP contribution is -2.18. The van der Waals surface area contributed by atoms with Crippen LogP contribution in [-0.2, 0) is 0 Å². The number of benzene rings is 2. The summed E-state index contributed by atoms with van der Waals surface area (Å²) in [6, 6.07) is 13.4. The van der Waals surface area contributed by atoms with Crippen LogP contribution in [0.25, 0.3) is 0 Å². The van der Waals surface area contributed by atoms with E-state index in [2.05, 4.69) is 5.32 Å². The van der Waals surface area contributed by atoms with Gasteiger partial charge in [-0.2, -0.15) is 0 Å². The van der Waals surface area contributed by atoms with E-state index in [1.54, 1.807) is 13.2 Å². The maximum absolute atomic E-state index is 6.30. The second-order valence-electron chi connectivity index (χ2n) is 4.11. The van der Waals surface area contributed by atoms with Crippen molar-refractivity contribution in [2.24, 2.45) is 0 Å². The highest BCUT2D eigenvalue weighted by atomic mass is 35.5. The van der Waals surface area contributed by atoms with Crippen molar-refractivity contribution in [2.75, 3.05) is 14.2 Å². The van der Waals surface area contributed by atoms with Gasteiger partial charge in [-0.05, 0) is 24.7 Å². The van der Waals surface area contributed by atoms with Crippen molar-refractivity contribution in [2.45, 2.75) is 6.04 Å². The third-order valence-electron chi connectivity index (χ3n) is 3.03. The number of rotatable bonds is 4. The van der Waals surface area contributed by atoms with Gasteiger partial charge in [0.2, 0.25) is 0 Å². The first-order valence-corrected chi connectivity index (χ1v) is 6.68. The molecule has 100 valence electrons. The standard InChI is InChI=1S/C15H15Cl2NO/c1-18-15(10-6-3-4-9-13(10)19-2)11-7-5-8-12(16)14(11)17/h3-9,15,18H,1-2H3. The summed E-state index contributed by atoms with van der Waals surface area (Å²) >= 11 is 12.4. The fourth-order valence-corrected chi connectivity index (χ4v) is 2.54. The van der Waals surface area contributed by atoms with Gasteiger partial charge >= 0.3 is 0 Å². The van der Waals surface area contributed by atoms with Gasteiger partial charge in [-0.1, -0.05) is 53.5 Å². The van der Waals surface area contributed by atoms with Gasteiger partial charge in [0.05, 0.1) is 23.2 Å². The summed E-state index contributed by atoms with van der Waals surface area (Å²) < 4.78 is 5.40. The quantitative estimate of drug-likeness (QED) is 0.907. The van der Waals surface area contributed by atoms with Gasteiger partial charge in [0.15, 0.2) is 0 Å². The molecule has 0 saturated heterocycles. The predicted octanol–water partition coefficient (Wildman–Crippen LogP) is 4.31. The molecule has 1 unspecified atom stereocenters. The lowest BCUT2D eigenvalue weighted by molar-refractivity contribution is 0.405. The molecule has 0 aromatic heterocycles. The lowest BCUT2D eigenvalue weighted by atomic mass is 9.98. The Morgan fingerprint density at radius 3 is 2.37 bits per heavy atom. The van der Waals surface area contributed by atoms with Gasteiger partial charge in [-0.3, -0.25) is 0 Å². The van der Waals surface area contributed by atoms with Crippen molar-refractivity contribution < 1.29 is 4.74 Å². The Bertz CT molecular complexity index is 572. The number of para-hydroxylation sites is 1. The Kier molecular flexibility index (Phi) is 4.70. The topological polar surface area (TPSA) is 21.3 Å². The molecule has 0 aliphatic heterocycles. The number of ether oxygens (including phenoxy) is 1. The summed E-state index contributed by atoms with van der Waals surface area (Å²) in [5.74, 6) is 0.817. The van der Waals surface area contributed by atoms with Crippen molar-refractivity contribution in [3.63, 3.8) is 0 Å². The van der Waals surface area contributed by atoms with Crippen molar-refractivity contribution in [3.8, 4) is 5.75 Å². The molecule has 2 aromatic carbocycles. The molecule has 1 atom stereocenters. The van der Waals surface area contributed by atoms with E-state index < -0.39 is 0 Å². The number of methoxy groups -OCH3 is 1. The highest BCUT2D eigenvalue weighted by Gasteiger charge is 2.19. The first-order valence-electron chi connectivity index (χ1n) is 5.93. The SMILES string of the molecule is CNC(c1ccccc1OC)c1cccc(Cl)c1Cl. The molecule has 2 nitrogen and oxygen atoms in total. The molecule has 0 amide bonds. The van der Waals surface area contributed by atoms with E-state index in [4.69, 9.17) is 27.9 Å². The van der Waals surface area contributed by atoms with Crippen LogP contribution < -0.4 is 10.1 Å². The summed E-state index contributed by atoms with van der Waals surface area (Å²) in [5, 5.41) is 4.37. The zero-order chi connectivity index (χ0) is 13.8. The number of hydrogen-bond acceptors (Lipinski definition) is 2. The molecule has 0 bridgehead atoms. The van der Waals surface area contributed by atoms with E-state index in [0.717, 1.165) is 16.9 Å². The minimum atomic E-state index is -0.0673. The first kappa shape index (κ1) is 14.2. The Hall–Kier alpha value is -1.22. The molecule has 4 heteroatoms. The van der Waals surface area contributed by atoms with Gasteiger partial charge in [-0.25, -0.2) is 0 Å². The summed E-state index contributed by atoms with van der Waals surface area (Å²) in [7, 11) is 3.54. The predicted molar refractivity (Wildman–Crippen MR) is 80.4 cm³/mol. The normalized spacial score (nSPS) is 12.2. The van der Waals surface area contributed by atoms with Crippen molar-refractivity contribution in [1.29, 1.82) is 0 Å². The molecular weight excluding hydrogens is 281 g/mol. The number of nitrogens with one attached hydrogen (secondary N) is 1. The molecule has 1 N–H and O–H groups in total. The summed E-state index contributed by atoms with van der Waals surface area (Å²) in [6.45, 7) is 0. The zero-order valence-corrected chi connectivity index (χ0v) is 12.3. The average molecular weight is 296 g/mol. The maximum atomic E-state index is 6.30. The maximum Gasteiger partial charge on any atom is 0.123 e. The minimum absolute atomic E-state index is 0.0673. The molecule has 2 aromatic rings. The Morgan fingerprint density at radius 2 is 1.68 bits per heavy atom. The second-order valence-corrected chi connectivity index (χ2v) is 4.89. The summed E-state index contributed by atoms with van der Waals surface area (Å²) in [5.41, 5.74) is 1.96. The van der Waals surface area contributed by atoms with E-state index in [-0.39, 0.29) is 6.04 Å². The van der Waals surface area contributed by atoms with Crippen LogP contribution in [0.5, 0.6) is 5.75 Å². The Morgan fingerprint density at radius 1 is 1.00 bits per heavy atom. The fourth-order valence-electron chi connectivity index (χ4n) is 2.13. The minimum Gasteiger partial charge on any atom is -0.496 e. The first-order chi connectivity index (χ1) is 9.19. The van der Waals surface area contributed by atoms with Crippen LogP contribution >= 0.6 is 23.2 Å². The zero-order valence-electron chi connectivity index (χ0n) is 10.8. The number of halogens is 2. The molecule has 2 rings (SSSR count). The highest BCUT2D eigenvalue weighted by Crippen LogP contribution is 2.36. The largest absolute Gasteiger partial charge is 0.496 e. The summed E-state index contributed by atoms with van der Waals surface area (Å²) in [4.78, 5) is 0. The van der Waals surface area contributed by atoms with E-state index in [0.29, 0.717) is 10.0 Å². The molecular formula is C15H15Cl2NO. The molecule has 0 spiro atoms.